The van der Waals surface area contributed by atoms with Gasteiger partial charge in [0.05, 0.1) is 7.11 Å². The Labute approximate surface area is 197 Å². The van der Waals surface area contributed by atoms with Crippen LogP contribution in [0.15, 0.2) is 83.4 Å². The molecule has 4 rings (SSSR count). The summed E-state index contributed by atoms with van der Waals surface area (Å²) in [5, 5.41) is 9.69. The number of ether oxygens (including phenoxy) is 1. The Hall–Kier alpha value is -4.46. The third kappa shape index (κ3) is 6.07. The molecule has 8 nitrogen and oxygen atoms in total. The fraction of sp³-hybridized carbons (Fsp3) is 0.154. The first-order chi connectivity index (χ1) is 16.6. The molecule has 2 N–H and O–H groups in total. The summed E-state index contributed by atoms with van der Waals surface area (Å²) in [7, 11) is 1.61. The molecule has 0 saturated carbocycles. The number of carbonyl (C=O) groups is 2. The number of rotatable bonds is 9. The minimum absolute atomic E-state index is 0.138. The highest BCUT2D eigenvalue weighted by atomic mass is 16.5. The summed E-state index contributed by atoms with van der Waals surface area (Å²) in [6.45, 7) is 0. The number of anilines is 2. The molecule has 1 aromatic heterocycles. The van der Waals surface area contributed by atoms with Crippen LogP contribution in [0, 0.1) is 0 Å². The Morgan fingerprint density at radius 3 is 2.38 bits per heavy atom. The lowest BCUT2D eigenvalue weighted by Crippen LogP contribution is -2.13. The van der Waals surface area contributed by atoms with E-state index in [0.29, 0.717) is 47.9 Å². The fourth-order valence-corrected chi connectivity index (χ4v) is 3.30. The first kappa shape index (κ1) is 22.7. The second-order valence-electron chi connectivity index (χ2n) is 7.54. The van der Waals surface area contributed by atoms with Crippen molar-refractivity contribution in [3.05, 3.63) is 90.3 Å². The van der Waals surface area contributed by atoms with Gasteiger partial charge in [-0.15, -0.1) is 0 Å². The van der Waals surface area contributed by atoms with Gasteiger partial charge in [-0.05, 0) is 61.0 Å². The zero-order valence-corrected chi connectivity index (χ0v) is 18.7. The predicted octanol–water partition coefficient (Wildman–Crippen LogP) is 4.96. The monoisotopic (exact) mass is 456 g/mol. The number of methoxy groups -OCH3 is 1. The van der Waals surface area contributed by atoms with E-state index in [0.717, 1.165) is 11.3 Å². The number of amides is 2. The van der Waals surface area contributed by atoms with Crippen LogP contribution in [-0.4, -0.2) is 29.1 Å². The molecule has 0 spiro atoms. The molecule has 8 heteroatoms. The average Bonchev–Trinajstić information content (AvgIpc) is 3.34. The van der Waals surface area contributed by atoms with Crippen molar-refractivity contribution in [3.63, 3.8) is 0 Å². The first-order valence-corrected chi connectivity index (χ1v) is 10.8. The normalized spacial score (nSPS) is 10.5. The quantitative estimate of drug-likeness (QED) is 0.369. The van der Waals surface area contributed by atoms with E-state index >= 15 is 0 Å². The molecule has 2 amide bonds. The standard InChI is InChI=1S/C26H24N4O4/c1-33-22-15-13-18(14-16-22)25-29-24(34-30-25)12-6-11-23(31)27-20-9-5-10-21(17-20)28-26(32)19-7-3-2-4-8-19/h2-5,7-10,13-17H,6,11-12H2,1H3,(H,27,31)(H,28,32). The van der Waals surface area contributed by atoms with Gasteiger partial charge in [0.2, 0.25) is 17.6 Å². The molecule has 0 bridgehead atoms. The molecule has 0 fully saturated rings. The van der Waals surface area contributed by atoms with Gasteiger partial charge in [-0.2, -0.15) is 4.98 Å². The number of aromatic nitrogens is 2. The molecule has 0 unspecified atom stereocenters. The number of nitrogens with one attached hydrogen (secondary N) is 2. The summed E-state index contributed by atoms with van der Waals surface area (Å²) in [5.41, 5.74) is 2.60. The minimum atomic E-state index is -0.211. The number of nitrogens with zero attached hydrogens (tertiary/aromatic N) is 2. The lowest BCUT2D eigenvalue weighted by atomic mass is 10.2. The summed E-state index contributed by atoms with van der Waals surface area (Å²) in [5.74, 6) is 1.38. The van der Waals surface area contributed by atoms with Crippen LogP contribution in [0.1, 0.15) is 29.1 Å². The van der Waals surface area contributed by atoms with Crippen LogP contribution >= 0.6 is 0 Å². The molecule has 34 heavy (non-hydrogen) atoms. The summed E-state index contributed by atoms with van der Waals surface area (Å²) >= 11 is 0. The second-order valence-corrected chi connectivity index (χ2v) is 7.54. The summed E-state index contributed by atoms with van der Waals surface area (Å²) in [6.07, 6.45) is 1.34. The molecule has 0 aliphatic rings. The fourth-order valence-electron chi connectivity index (χ4n) is 3.30. The zero-order valence-electron chi connectivity index (χ0n) is 18.7. The van der Waals surface area contributed by atoms with Crippen molar-refractivity contribution >= 4 is 23.2 Å². The van der Waals surface area contributed by atoms with Gasteiger partial charge >= 0.3 is 0 Å². The highest BCUT2D eigenvalue weighted by Crippen LogP contribution is 2.20. The van der Waals surface area contributed by atoms with Crippen LogP contribution < -0.4 is 15.4 Å². The molecule has 0 atom stereocenters. The third-order valence-corrected chi connectivity index (χ3v) is 5.05. The van der Waals surface area contributed by atoms with Gasteiger partial charge < -0.3 is 19.9 Å². The number of benzene rings is 3. The van der Waals surface area contributed by atoms with Crippen LogP contribution in [0.25, 0.3) is 11.4 Å². The molecule has 0 aliphatic carbocycles. The van der Waals surface area contributed by atoms with E-state index in [-0.39, 0.29) is 11.8 Å². The second kappa shape index (κ2) is 10.9. The van der Waals surface area contributed by atoms with Gasteiger partial charge in [0.15, 0.2) is 0 Å². The number of hydrogen-bond donors (Lipinski definition) is 2. The zero-order chi connectivity index (χ0) is 23.8. The number of hydrogen-bond acceptors (Lipinski definition) is 6. The van der Waals surface area contributed by atoms with Gasteiger partial charge in [-0.1, -0.05) is 29.4 Å². The van der Waals surface area contributed by atoms with Crippen LogP contribution in [-0.2, 0) is 11.2 Å². The van der Waals surface area contributed by atoms with Gasteiger partial charge in [0.1, 0.15) is 5.75 Å². The Kier molecular flexibility index (Phi) is 7.29. The van der Waals surface area contributed by atoms with Crippen LogP contribution in [0.3, 0.4) is 0 Å². The molecular formula is C26H24N4O4. The van der Waals surface area contributed by atoms with Gasteiger partial charge in [-0.25, -0.2) is 0 Å². The van der Waals surface area contributed by atoms with Crippen molar-refractivity contribution in [3.8, 4) is 17.1 Å². The van der Waals surface area contributed by atoms with E-state index in [1.165, 1.54) is 0 Å². The maximum Gasteiger partial charge on any atom is 0.255 e. The van der Waals surface area contributed by atoms with Crippen molar-refractivity contribution < 1.29 is 18.8 Å². The van der Waals surface area contributed by atoms with Crippen molar-refractivity contribution in [2.45, 2.75) is 19.3 Å². The Bertz CT molecular complexity index is 1250. The van der Waals surface area contributed by atoms with Crippen molar-refractivity contribution in [2.24, 2.45) is 0 Å². The Morgan fingerprint density at radius 2 is 1.65 bits per heavy atom. The highest BCUT2D eigenvalue weighted by Gasteiger charge is 2.11. The summed E-state index contributed by atoms with van der Waals surface area (Å²) in [6, 6.07) is 23.4. The first-order valence-electron chi connectivity index (χ1n) is 10.8. The van der Waals surface area contributed by atoms with Gasteiger partial charge in [0, 0.05) is 35.3 Å². The van der Waals surface area contributed by atoms with E-state index in [4.69, 9.17) is 9.26 Å². The van der Waals surface area contributed by atoms with Crippen molar-refractivity contribution in [2.75, 3.05) is 17.7 Å². The molecule has 0 saturated heterocycles. The van der Waals surface area contributed by atoms with Crippen molar-refractivity contribution in [1.29, 1.82) is 0 Å². The van der Waals surface area contributed by atoms with E-state index in [1.54, 1.807) is 55.6 Å². The molecule has 4 aromatic rings. The molecule has 0 aliphatic heterocycles. The topological polar surface area (TPSA) is 106 Å². The predicted molar refractivity (Wildman–Crippen MR) is 129 cm³/mol. The molecule has 172 valence electrons. The highest BCUT2D eigenvalue weighted by molar-refractivity contribution is 6.04. The summed E-state index contributed by atoms with van der Waals surface area (Å²) in [4.78, 5) is 29.1. The minimum Gasteiger partial charge on any atom is -0.497 e. The van der Waals surface area contributed by atoms with E-state index < -0.39 is 0 Å². The van der Waals surface area contributed by atoms with Crippen LogP contribution in [0.4, 0.5) is 11.4 Å². The van der Waals surface area contributed by atoms with E-state index in [1.807, 2.05) is 30.3 Å². The third-order valence-electron chi connectivity index (χ3n) is 5.05. The van der Waals surface area contributed by atoms with Crippen LogP contribution in [0.2, 0.25) is 0 Å². The average molecular weight is 457 g/mol. The molecule has 1 heterocycles. The number of carbonyl (C=O) groups excluding carboxylic acids is 2. The summed E-state index contributed by atoms with van der Waals surface area (Å²) < 4.78 is 10.5. The maximum atomic E-state index is 12.4. The number of aryl methyl sites for hydroxylation is 1. The van der Waals surface area contributed by atoms with Gasteiger partial charge in [0.25, 0.3) is 5.91 Å². The molecule has 3 aromatic carbocycles. The largest absolute Gasteiger partial charge is 0.497 e. The molecular weight excluding hydrogens is 432 g/mol. The Balaban J connectivity index is 1.25. The van der Waals surface area contributed by atoms with E-state index in [9.17, 15) is 9.59 Å². The lowest BCUT2D eigenvalue weighted by Gasteiger charge is -2.09. The van der Waals surface area contributed by atoms with Crippen molar-refractivity contribution in [1.82, 2.24) is 10.1 Å². The smallest absolute Gasteiger partial charge is 0.255 e. The SMILES string of the molecule is COc1ccc(-c2noc(CCCC(=O)Nc3cccc(NC(=O)c4ccccc4)c3)n2)cc1. The van der Waals surface area contributed by atoms with E-state index in [2.05, 4.69) is 20.8 Å². The maximum absolute atomic E-state index is 12.4. The Morgan fingerprint density at radius 1 is 0.912 bits per heavy atom. The van der Waals surface area contributed by atoms with Gasteiger partial charge in [-0.3, -0.25) is 9.59 Å². The lowest BCUT2D eigenvalue weighted by molar-refractivity contribution is -0.116. The van der Waals surface area contributed by atoms with Crippen LogP contribution in [0.5, 0.6) is 5.75 Å². The molecule has 0 radical (unpaired) electrons.